The van der Waals surface area contributed by atoms with E-state index in [2.05, 4.69) is 6.58 Å². The fourth-order valence-corrected chi connectivity index (χ4v) is 4.98. The van der Waals surface area contributed by atoms with Crippen molar-refractivity contribution in [1.29, 1.82) is 0 Å². The van der Waals surface area contributed by atoms with Crippen LogP contribution in [-0.4, -0.2) is 34.7 Å². The highest BCUT2D eigenvalue weighted by molar-refractivity contribution is 6.09. The molecule has 2 fully saturated rings. The summed E-state index contributed by atoms with van der Waals surface area (Å²) in [6.07, 6.45) is 6.38. The molecule has 6 heteroatoms. The molecule has 40 heavy (non-hydrogen) atoms. The average molecular weight is 548 g/mol. The van der Waals surface area contributed by atoms with Crippen molar-refractivity contribution in [2.24, 2.45) is 11.3 Å². The van der Waals surface area contributed by atoms with Gasteiger partial charge in [0.2, 0.25) is 0 Å². The van der Waals surface area contributed by atoms with E-state index in [1.807, 2.05) is 60.7 Å². The first-order valence-electron chi connectivity index (χ1n) is 13.9. The zero-order valence-electron chi connectivity index (χ0n) is 23.7. The quantitative estimate of drug-likeness (QED) is 0.293. The SMILES string of the molecule is C=CC(C)=O.CC(=O)CCC1(Cc2ccccc2)C(=O)CCCC1=O.O=C1CCCC(=O)C1Cc1ccccc1.[2HH]. The highest BCUT2D eigenvalue weighted by Crippen LogP contribution is 2.38. The molecule has 0 bridgehead atoms. The van der Waals surface area contributed by atoms with E-state index >= 15 is 0 Å². The summed E-state index contributed by atoms with van der Waals surface area (Å²) in [5.41, 5.74) is 1.09. The average Bonchev–Trinajstić information content (AvgIpc) is 2.94. The smallest absolute Gasteiger partial charge is 0.152 e. The van der Waals surface area contributed by atoms with Gasteiger partial charge in [0.15, 0.2) is 5.78 Å². The molecule has 2 aliphatic rings. The van der Waals surface area contributed by atoms with Crippen LogP contribution >= 0.6 is 0 Å². The number of Topliss-reactive ketones (excluding diaryl/α,β-unsaturated/α-hetero) is 5. The van der Waals surface area contributed by atoms with Crippen LogP contribution in [0, 0.1) is 11.3 Å². The Labute approximate surface area is 238 Å². The fraction of sp³-hybridized carbons (Fsp3) is 0.412. The maximum atomic E-state index is 12.4. The molecular formula is C34H42O6. The molecule has 0 spiro atoms. The van der Waals surface area contributed by atoms with Crippen LogP contribution in [0.2, 0.25) is 0 Å². The van der Waals surface area contributed by atoms with E-state index in [9.17, 15) is 28.8 Å². The van der Waals surface area contributed by atoms with Gasteiger partial charge in [0.05, 0.1) is 11.3 Å². The predicted octanol–water partition coefficient (Wildman–Crippen LogP) is 6.08. The number of allylic oxidation sites excluding steroid dienone is 1. The van der Waals surface area contributed by atoms with Gasteiger partial charge in [-0.3, -0.25) is 24.0 Å². The summed E-state index contributed by atoms with van der Waals surface area (Å²) < 4.78 is 0. The first kappa shape index (κ1) is 32.4. The highest BCUT2D eigenvalue weighted by atomic mass is 16.2. The summed E-state index contributed by atoms with van der Waals surface area (Å²) in [5, 5.41) is 0. The van der Waals surface area contributed by atoms with Crippen molar-refractivity contribution in [3.63, 3.8) is 0 Å². The van der Waals surface area contributed by atoms with Gasteiger partial charge >= 0.3 is 0 Å². The third-order valence-corrected chi connectivity index (χ3v) is 7.32. The molecule has 4 rings (SSSR count). The van der Waals surface area contributed by atoms with Crippen molar-refractivity contribution < 1.29 is 30.2 Å². The molecule has 2 aromatic carbocycles. The Morgan fingerprint density at radius 2 is 1.25 bits per heavy atom. The topological polar surface area (TPSA) is 102 Å². The maximum absolute atomic E-state index is 12.4. The van der Waals surface area contributed by atoms with Gasteiger partial charge in [-0.25, -0.2) is 0 Å². The van der Waals surface area contributed by atoms with E-state index in [0.29, 0.717) is 57.8 Å². The van der Waals surface area contributed by atoms with Gasteiger partial charge < -0.3 is 4.79 Å². The number of hydrogen-bond acceptors (Lipinski definition) is 6. The molecule has 0 aromatic heterocycles. The molecule has 0 aliphatic heterocycles. The van der Waals surface area contributed by atoms with E-state index in [1.165, 1.54) is 19.9 Å². The van der Waals surface area contributed by atoms with Gasteiger partial charge in [-0.15, -0.1) is 0 Å². The van der Waals surface area contributed by atoms with E-state index in [0.717, 1.165) is 17.5 Å². The Morgan fingerprint density at radius 3 is 1.70 bits per heavy atom. The lowest BCUT2D eigenvalue weighted by Gasteiger charge is -2.34. The third kappa shape index (κ3) is 10.1. The summed E-state index contributed by atoms with van der Waals surface area (Å²) in [5.74, 6) is -0.0577. The van der Waals surface area contributed by atoms with Crippen LogP contribution in [0.5, 0.6) is 0 Å². The molecule has 214 valence electrons. The zero-order valence-corrected chi connectivity index (χ0v) is 23.7. The van der Waals surface area contributed by atoms with E-state index in [4.69, 9.17) is 0 Å². The van der Waals surface area contributed by atoms with Crippen molar-refractivity contribution >= 4 is 34.7 Å². The number of benzene rings is 2. The van der Waals surface area contributed by atoms with Gasteiger partial charge in [-0.1, -0.05) is 67.2 Å². The van der Waals surface area contributed by atoms with Gasteiger partial charge in [0, 0.05) is 33.5 Å². The molecule has 0 saturated heterocycles. The first-order valence-corrected chi connectivity index (χ1v) is 13.9. The van der Waals surface area contributed by atoms with Gasteiger partial charge in [0.1, 0.15) is 28.9 Å². The van der Waals surface area contributed by atoms with Crippen molar-refractivity contribution in [2.45, 2.75) is 78.1 Å². The molecule has 0 heterocycles. The second kappa shape index (κ2) is 16.3. The molecule has 2 aliphatic carbocycles. The second-order valence-electron chi connectivity index (χ2n) is 10.5. The first-order chi connectivity index (χ1) is 19.1. The minimum absolute atomic E-state index is 0. The second-order valence-corrected chi connectivity index (χ2v) is 10.5. The number of carbonyl (C=O) groups excluding carboxylic acids is 6. The molecule has 0 N–H and O–H groups in total. The lowest BCUT2D eigenvalue weighted by Crippen LogP contribution is -2.44. The highest BCUT2D eigenvalue weighted by Gasteiger charge is 2.46. The van der Waals surface area contributed by atoms with E-state index in [1.54, 1.807) is 0 Å². The molecule has 0 unspecified atom stereocenters. The van der Waals surface area contributed by atoms with Crippen molar-refractivity contribution in [1.82, 2.24) is 0 Å². The monoisotopic (exact) mass is 547 g/mol. The number of ketones is 6. The summed E-state index contributed by atoms with van der Waals surface area (Å²) in [7, 11) is 0. The van der Waals surface area contributed by atoms with Crippen molar-refractivity contribution in [3.05, 3.63) is 84.4 Å². The van der Waals surface area contributed by atoms with Crippen LogP contribution in [0.25, 0.3) is 0 Å². The van der Waals surface area contributed by atoms with Gasteiger partial charge in [0.25, 0.3) is 0 Å². The summed E-state index contributed by atoms with van der Waals surface area (Å²) in [4.78, 5) is 69.0. The molecule has 0 atom stereocenters. The fourth-order valence-electron chi connectivity index (χ4n) is 4.98. The number of carbonyl (C=O) groups is 6. The normalized spacial score (nSPS) is 16.6. The standard InChI is InChI=1S/C17H20O3.C13H14O2.C4H6O.H2/c1-13(18)10-11-17(12-14-6-3-2-4-7-14)15(19)8-5-9-16(17)20;14-12-7-4-8-13(15)11(12)9-10-5-2-1-3-6-10;1-3-4(2)5;/h2-4,6-7H,5,8-12H2,1H3;1-3,5-6,11H,4,7-9H2;3H,1H2,2H3;1H/i;;;1+1. The van der Waals surface area contributed by atoms with Gasteiger partial charge in [-0.2, -0.15) is 0 Å². The number of rotatable bonds is 8. The predicted molar refractivity (Wildman–Crippen MR) is 157 cm³/mol. The Kier molecular flexibility index (Phi) is 13.2. The van der Waals surface area contributed by atoms with Gasteiger partial charge in [-0.05, 0) is 63.2 Å². The van der Waals surface area contributed by atoms with E-state index < -0.39 is 5.41 Å². The largest absolute Gasteiger partial charge is 0.300 e. The molecule has 6 nitrogen and oxygen atoms in total. The molecule has 0 amide bonds. The van der Waals surface area contributed by atoms with Crippen LogP contribution in [0.15, 0.2) is 73.3 Å². The Balaban J connectivity index is 0.000000354. The third-order valence-electron chi connectivity index (χ3n) is 7.32. The van der Waals surface area contributed by atoms with Crippen molar-refractivity contribution in [2.75, 3.05) is 0 Å². The Bertz CT molecular complexity index is 1170. The molecule has 0 radical (unpaired) electrons. The minimum atomic E-state index is -0.967. The number of hydrogen-bond donors (Lipinski definition) is 0. The summed E-state index contributed by atoms with van der Waals surface area (Å²) in [6.45, 7) is 6.18. The Hall–Kier alpha value is -3.80. The maximum Gasteiger partial charge on any atom is 0.152 e. The van der Waals surface area contributed by atoms with Crippen LogP contribution in [-0.2, 0) is 41.6 Å². The van der Waals surface area contributed by atoms with Crippen LogP contribution in [0.1, 0.15) is 77.8 Å². The van der Waals surface area contributed by atoms with E-state index in [-0.39, 0.29) is 42.0 Å². The molecular weight excluding hydrogens is 504 g/mol. The molecule has 2 saturated carbocycles. The lowest BCUT2D eigenvalue weighted by atomic mass is 9.65. The Morgan fingerprint density at radius 1 is 0.800 bits per heavy atom. The van der Waals surface area contributed by atoms with Crippen LogP contribution in [0.3, 0.4) is 0 Å². The van der Waals surface area contributed by atoms with Crippen LogP contribution < -0.4 is 0 Å². The zero-order chi connectivity index (χ0) is 29.5. The lowest BCUT2D eigenvalue weighted by molar-refractivity contribution is -0.145. The van der Waals surface area contributed by atoms with Crippen LogP contribution in [0.4, 0.5) is 0 Å². The summed E-state index contributed by atoms with van der Waals surface area (Å²) >= 11 is 0. The summed E-state index contributed by atoms with van der Waals surface area (Å²) in [6, 6.07) is 19.3. The minimum Gasteiger partial charge on any atom is -0.300 e. The molecule has 2 aromatic rings. The van der Waals surface area contributed by atoms with Crippen molar-refractivity contribution in [3.8, 4) is 0 Å².